The number of nitrogens with zero attached hydrogens (tertiary/aromatic N) is 1. The van der Waals surface area contributed by atoms with Gasteiger partial charge in [0.1, 0.15) is 11.8 Å². The summed E-state index contributed by atoms with van der Waals surface area (Å²) < 4.78 is 5.05. The van der Waals surface area contributed by atoms with Crippen LogP contribution < -0.4 is 5.32 Å². The second-order valence-corrected chi connectivity index (χ2v) is 6.51. The van der Waals surface area contributed by atoms with E-state index >= 15 is 0 Å². The van der Waals surface area contributed by atoms with Crippen molar-refractivity contribution in [2.24, 2.45) is 0 Å². The minimum Gasteiger partial charge on any atom is -0.480 e. The second kappa shape index (κ2) is 8.99. The molecule has 0 aromatic carbocycles. The molecular formula is C13H20N2O4S2. The first kappa shape index (κ1) is 17.9. The molecule has 1 heterocycles. The third kappa shape index (κ3) is 6.01. The fraction of sp³-hybridized carbons (Fsp3) is 0.615. The topological polar surface area (TPSA) is 92.4 Å². The number of amides is 1. The zero-order valence-electron chi connectivity index (χ0n) is 12.3. The normalized spacial score (nSPS) is 12.1. The molecule has 21 heavy (non-hydrogen) atoms. The Balaban J connectivity index is 2.37. The molecule has 1 rings (SSSR count). The third-order valence-corrected chi connectivity index (χ3v) is 4.51. The molecule has 0 aliphatic carbocycles. The Morgan fingerprint density at radius 3 is 2.67 bits per heavy atom. The van der Waals surface area contributed by atoms with Gasteiger partial charge in [0.15, 0.2) is 0 Å². The molecule has 0 radical (unpaired) electrons. The van der Waals surface area contributed by atoms with E-state index in [2.05, 4.69) is 10.5 Å². The van der Waals surface area contributed by atoms with Crippen molar-refractivity contribution in [3.8, 4) is 0 Å². The molecule has 2 N–H and O–H groups in total. The van der Waals surface area contributed by atoms with Gasteiger partial charge < -0.3 is 14.9 Å². The lowest BCUT2D eigenvalue weighted by atomic mass is 10.2. The molecule has 6 nitrogen and oxygen atoms in total. The Kier molecular flexibility index (Phi) is 7.66. The maximum atomic E-state index is 11.8. The number of aromatic nitrogens is 1. The number of rotatable bonds is 9. The summed E-state index contributed by atoms with van der Waals surface area (Å²) >= 11 is 2.97. The Hall–Kier alpha value is -1.15. The highest BCUT2D eigenvalue weighted by molar-refractivity contribution is 7.99. The van der Waals surface area contributed by atoms with Crippen molar-refractivity contribution in [1.29, 1.82) is 0 Å². The number of carbonyl (C=O) groups is 2. The Morgan fingerprint density at radius 2 is 2.14 bits per heavy atom. The number of carbonyl (C=O) groups excluding carboxylic acids is 1. The summed E-state index contributed by atoms with van der Waals surface area (Å²) in [6.07, 6.45) is 2.33. The van der Waals surface area contributed by atoms with E-state index in [0.717, 1.165) is 17.0 Å². The SMILES string of the molecule is CSCC[C@H](NC(=O)CSCc1c(C)noc1C)C(=O)O. The van der Waals surface area contributed by atoms with E-state index < -0.39 is 12.0 Å². The molecule has 0 spiro atoms. The highest BCUT2D eigenvalue weighted by Gasteiger charge is 2.19. The Morgan fingerprint density at radius 1 is 1.43 bits per heavy atom. The van der Waals surface area contributed by atoms with Crippen LogP contribution in [0.1, 0.15) is 23.4 Å². The van der Waals surface area contributed by atoms with E-state index in [1.54, 1.807) is 11.8 Å². The molecule has 118 valence electrons. The molecule has 0 aliphatic heterocycles. The van der Waals surface area contributed by atoms with E-state index in [1.807, 2.05) is 20.1 Å². The number of aryl methyl sites for hydroxylation is 2. The van der Waals surface area contributed by atoms with Crippen LogP contribution in [0.4, 0.5) is 0 Å². The number of carboxylic acids is 1. The van der Waals surface area contributed by atoms with Gasteiger partial charge >= 0.3 is 5.97 Å². The number of hydrogen-bond acceptors (Lipinski definition) is 6. The molecule has 0 aliphatic rings. The predicted molar refractivity (Wildman–Crippen MR) is 84.7 cm³/mol. The van der Waals surface area contributed by atoms with Gasteiger partial charge in [0.05, 0.1) is 11.4 Å². The summed E-state index contributed by atoms with van der Waals surface area (Å²) in [5.74, 6) is 1.03. The van der Waals surface area contributed by atoms with Crippen LogP contribution in [0.15, 0.2) is 4.52 Å². The molecule has 1 amide bonds. The predicted octanol–water partition coefficient (Wildman–Crippen LogP) is 1.85. The maximum absolute atomic E-state index is 11.8. The quantitative estimate of drug-likeness (QED) is 0.713. The highest BCUT2D eigenvalue weighted by atomic mass is 32.2. The lowest BCUT2D eigenvalue weighted by molar-refractivity contribution is -0.141. The van der Waals surface area contributed by atoms with Crippen molar-refractivity contribution in [2.75, 3.05) is 17.8 Å². The van der Waals surface area contributed by atoms with Gasteiger partial charge in [-0.2, -0.15) is 11.8 Å². The van der Waals surface area contributed by atoms with Gasteiger partial charge in [-0.3, -0.25) is 4.79 Å². The van der Waals surface area contributed by atoms with Gasteiger partial charge in [0.25, 0.3) is 0 Å². The van der Waals surface area contributed by atoms with Crippen molar-refractivity contribution in [2.45, 2.75) is 32.1 Å². The van der Waals surface area contributed by atoms with Gasteiger partial charge in [0, 0.05) is 11.3 Å². The van der Waals surface area contributed by atoms with Crippen molar-refractivity contribution >= 4 is 35.4 Å². The number of hydrogen-bond donors (Lipinski definition) is 2. The van der Waals surface area contributed by atoms with Crippen LogP contribution in [-0.4, -0.2) is 45.9 Å². The maximum Gasteiger partial charge on any atom is 0.326 e. The van der Waals surface area contributed by atoms with Crippen LogP contribution in [0.25, 0.3) is 0 Å². The monoisotopic (exact) mass is 332 g/mol. The summed E-state index contributed by atoms with van der Waals surface area (Å²) in [6, 6.07) is -0.815. The molecule has 0 fully saturated rings. The standard InChI is InChI=1S/C13H20N2O4S2/c1-8-10(9(2)19-15-8)6-21-7-12(16)14-11(13(17)18)4-5-20-3/h11H,4-7H2,1-3H3,(H,14,16)(H,17,18)/t11-/m0/s1. The van der Waals surface area contributed by atoms with Crippen LogP contribution in [0.2, 0.25) is 0 Å². The molecule has 0 saturated carbocycles. The number of thioether (sulfide) groups is 2. The van der Waals surface area contributed by atoms with Gasteiger partial charge in [-0.25, -0.2) is 4.79 Å². The Bertz CT molecular complexity index is 471. The van der Waals surface area contributed by atoms with Crippen molar-refractivity contribution in [3.05, 3.63) is 17.0 Å². The lowest BCUT2D eigenvalue weighted by Crippen LogP contribution is -2.42. The molecule has 0 unspecified atom stereocenters. The molecule has 1 atom stereocenters. The smallest absolute Gasteiger partial charge is 0.326 e. The molecule has 1 aromatic heterocycles. The first-order chi connectivity index (χ1) is 9.95. The average Bonchev–Trinajstić information content (AvgIpc) is 2.74. The van der Waals surface area contributed by atoms with Crippen molar-refractivity contribution in [1.82, 2.24) is 10.5 Å². The molecule has 1 aromatic rings. The fourth-order valence-electron chi connectivity index (χ4n) is 1.68. The van der Waals surface area contributed by atoms with Crippen LogP contribution in [-0.2, 0) is 15.3 Å². The van der Waals surface area contributed by atoms with Gasteiger partial charge in [0.2, 0.25) is 5.91 Å². The van der Waals surface area contributed by atoms with E-state index in [0.29, 0.717) is 17.9 Å². The van der Waals surface area contributed by atoms with E-state index in [9.17, 15) is 9.59 Å². The summed E-state index contributed by atoms with van der Waals surface area (Å²) in [7, 11) is 0. The van der Waals surface area contributed by atoms with Crippen molar-refractivity contribution in [3.63, 3.8) is 0 Å². The van der Waals surface area contributed by atoms with Crippen LogP contribution in [0, 0.1) is 13.8 Å². The largest absolute Gasteiger partial charge is 0.480 e. The minimum absolute atomic E-state index is 0.215. The minimum atomic E-state index is -0.992. The lowest BCUT2D eigenvalue weighted by Gasteiger charge is -2.13. The molecule has 0 saturated heterocycles. The van der Waals surface area contributed by atoms with Crippen molar-refractivity contribution < 1.29 is 19.2 Å². The number of carboxylic acid groups (broad SMARTS) is 1. The fourth-order valence-corrected chi connectivity index (χ4v) is 3.14. The highest BCUT2D eigenvalue weighted by Crippen LogP contribution is 2.19. The van der Waals surface area contributed by atoms with Gasteiger partial charge in [-0.15, -0.1) is 11.8 Å². The Labute approximate surface area is 132 Å². The van der Waals surface area contributed by atoms with Gasteiger partial charge in [-0.1, -0.05) is 5.16 Å². The summed E-state index contributed by atoms with van der Waals surface area (Å²) in [6.45, 7) is 3.69. The summed E-state index contributed by atoms with van der Waals surface area (Å²) in [5.41, 5.74) is 1.81. The number of nitrogens with one attached hydrogen (secondary N) is 1. The first-order valence-electron chi connectivity index (χ1n) is 6.46. The molecular weight excluding hydrogens is 312 g/mol. The third-order valence-electron chi connectivity index (χ3n) is 2.90. The van der Waals surface area contributed by atoms with Crippen LogP contribution in [0.3, 0.4) is 0 Å². The van der Waals surface area contributed by atoms with E-state index in [4.69, 9.17) is 9.63 Å². The van der Waals surface area contributed by atoms with Gasteiger partial charge in [-0.05, 0) is 32.3 Å². The summed E-state index contributed by atoms with van der Waals surface area (Å²) in [5, 5.41) is 15.4. The van der Waals surface area contributed by atoms with E-state index in [-0.39, 0.29) is 11.7 Å². The number of aliphatic carboxylic acids is 1. The molecule has 0 bridgehead atoms. The second-order valence-electron chi connectivity index (χ2n) is 4.54. The average molecular weight is 332 g/mol. The molecule has 8 heteroatoms. The first-order valence-corrected chi connectivity index (χ1v) is 9.01. The summed E-state index contributed by atoms with van der Waals surface area (Å²) in [4.78, 5) is 22.8. The van der Waals surface area contributed by atoms with E-state index in [1.165, 1.54) is 11.8 Å². The zero-order valence-corrected chi connectivity index (χ0v) is 14.0. The van der Waals surface area contributed by atoms with Crippen LogP contribution in [0.5, 0.6) is 0 Å². The van der Waals surface area contributed by atoms with Crippen LogP contribution >= 0.6 is 23.5 Å². The zero-order chi connectivity index (χ0) is 15.8.